The Kier molecular flexibility index (Phi) is 3.78. The summed E-state index contributed by atoms with van der Waals surface area (Å²) in [4.78, 5) is 14.8. The van der Waals surface area contributed by atoms with Gasteiger partial charge in [-0.3, -0.25) is 4.79 Å². The van der Waals surface area contributed by atoms with Gasteiger partial charge in [-0.25, -0.2) is 4.98 Å². The smallest absolute Gasteiger partial charge is 0.305 e. The lowest BCUT2D eigenvalue weighted by Crippen LogP contribution is -2.05. The molecule has 0 aliphatic rings. The first-order chi connectivity index (χ1) is 8.16. The van der Waals surface area contributed by atoms with Gasteiger partial charge in [0.25, 0.3) is 0 Å². The van der Waals surface area contributed by atoms with E-state index >= 15 is 0 Å². The minimum Gasteiger partial charge on any atom is -0.481 e. The summed E-state index contributed by atoms with van der Waals surface area (Å²) < 4.78 is 3.02. The molecule has 2 aromatic rings. The molecule has 5 heteroatoms. The van der Waals surface area contributed by atoms with E-state index in [1.807, 2.05) is 28.8 Å². The van der Waals surface area contributed by atoms with Gasteiger partial charge in [-0.1, -0.05) is 12.1 Å². The summed E-state index contributed by atoms with van der Waals surface area (Å²) in [6, 6.07) is 7.99. The number of aliphatic carboxylic acids is 1. The number of hydrogen-bond acceptors (Lipinski definition) is 2. The molecule has 0 spiro atoms. The van der Waals surface area contributed by atoms with E-state index in [4.69, 9.17) is 5.11 Å². The van der Waals surface area contributed by atoms with E-state index < -0.39 is 5.97 Å². The van der Waals surface area contributed by atoms with Crippen molar-refractivity contribution in [3.63, 3.8) is 0 Å². The van der Waals surface area contributed by atoms with Crippen LogP contribution in [0.3, 0.4) is 0 Å². The summed E-state index contributed by atoms with van der Waals surface area (Å²) in [5, 5.41) is 8.68. The monoisotopic (exact) mass is 342 g/mol. The van der Waals surface area contributed by atoms with Crippen molar-refractivity contribution in [2.75, 3.05) is 0 Å². The van der Waals surface area contributed by atoms with Gasteiger partial charge in [-0.2, -0.15) is 0 Å². The number of rotatable bonds is 4. The van der Waals surface area contributed by atoms with Gasteiger partial charge >= 0.3 is 5.97 Å². The molecule has 0 atom stereocenters. The molecule has 1 aromatic carbocycles. The molecule has 17 heavy (non-hydrogen) atoms. The molecule has 1 N–H and O–H groups in total. The SMILES string of the molecule is O=C(O)CCn1ccnc1-c1ccc(I)cc1. The van der Waals surface area contributed by atoms with Crippen LogP contribution in [0, 0.1) is 3.57 Å². The number of hydrogen-bond donors (Lipinski definition) is 1. The van der Waals surface area contributed by atoms with Crippen LogP contribution in [0.5, 0.6) is 0 Å². The number of benzene rings is 1. The van der Waals surface area contributed by atoms with Crippen molar-refractivity contribution in [2.45, 2.75) is 13.0 Å². The standard InChI is InChI=1S/C12H11IN2O2/c13-10-3-1-9(2-4-10)12-14-6-8-15(12)7-5-11(16)17/h1-4,6,8H,5,7H2,(H,16,17). The van der Waals surface area contributed by atoms with Crippen LogP contribution in [0.2, 0.25) is 0 Å². The van der Waals surface area contributed by atoms with Crippen molar-refractivity contribution in [1.82, 2.24) is 9.55 Å². The lowest BCUT2D eigenvalue weighted by Gasteiger charge is -2.06. The zero-order chi connectivity index (χ0) is 12.3. The Morgan fingerprint density at radius 2 is 2.06 bits per heavy atom. The number of halogens is 1. The molecule has 0 saturated carbocycles. The molecule has 0 amide bonds. The van der Waals surface area contributed by atoms with Crippen LogP contribution >= 0.6 is 22.6 Å². The van der Waals surface area contributed by atoms with E-state index in [0.29, 0.717) is 6.54 Å². The van der Waals surface area contributed by atoms with Gasteiger partial charge in [0.1, 0.15) is 5.82 Å². The maximum absolute atomic E-state index is 10.6. The Bertz CT molecular complexity index is 520. The van der Waals surface area contributed by atoms with Crippen LogP contribution in [-0.4, -0.2) is 20.6 Å². The van der Waals surface area contributed by atoms with Crippen molar-refractivity contribution in [3.8, 4) is 11.4 Å². The van der Waals surface area contributed by atoms with E-state index in [1.165, 1.54) is 0 Å². The summed E-state index contributed by atoms with van der Waals surface area (Å²) in [5.41, 5.74) is 1.00. The molecule has 0 radical (unpaired) electrons. The molecule has 0 bridgehead atoms. The molecule has 1 aromatic heterocycles. The van der Waals surface area contributed by atoms with Crippen LogP contribution < -0.4 is 0 Å². The Morgan fingerprint density at radius 1 is 1.35 bits per heavy atom. The van der Waals surface area contributed by atoms with Crippen molar-refractivity contribution >= 4 is 28.6 Å². The third-order valence-electron chi connectivity index (χ3n) is 2.38. The van der Waals surface area contributed by atoms with Crippen LogP contribution in [0.4, 0.5) is 0 Å². The lowest BCUT2D eigenvalue weighted by atomic mass is 10.2. The number of aromatic nitrogens is 2. The van der Waals surface area contributed by atoms with Gasteiger partial charge in [0.2, 0.25) is 0 Å². The molecule has 0 saturated heterocycles. The second-order valence-electron chi connectivity index (χ2n) is 3.59. The highest BCUT2D eigenvalue weighted by Crippen LogP contribution is 2.19. The largest absolute Gasteiger partial charge is 0.481 e. The highest BCUT2D eigenvalue weighted by atomic mass is 127. The van der Waals surface area contributed by atoms with E-state index in [2.05, 4.69) is 27.6 Å². The van der Waals surface area contributed by atoms with Gasteiger partial charge in [0.05, 0.1) is 6.42 Å². The Hall–Kier alpha value is -1.37. The summed E-state index contributed by atoms with van der Waals surface area (Å²) in [7, 11) is 0. The van der Waals surface area contributed by atoms with Crippen molar-refractivity contribution in [1.29, 1.82) is 0 Å². The number of imidazole rings is 1. The highest BCUT2D eigenvalue weighted by Gasteiger charge is 2.06. The van der Waals surface area contributed by atoms with Gasteiger partial charge < -0.3 is 9.67 Å². The van der Waals surface area contributed by atoms with E-state index in [1.54, 1.807) is 12.4 Å². The first-order valence-corrected chi connectivity index (χ1v) is 6.23. The van der Waals surface area contributed by atoms with Gasteiger partial charge in [-0.05, 0) is 34.7 Å². The average molecular weight is 342 g/mol. The summed E-state index contributed by atoms with van der Waals surface area (Å²) in [6.07, 6.45) is 3.60. The molecule has 1 heterocycles. The van der Waals surface area contributed by atoms with E-state index in [9.17, 15) is 4.79 Å². The van der Waals surface area contributed by atoms with Crippen LogP contribution in [0.1, 0.15) is 6.42 Å². The minimum absolute atomic E-state index is 0.105. The third kappa shape index (κ3) is 3.06. The number of aryl methyl sites for hydroxylation is 1. The fraction of sp³-hybridized carbons (Fsp3) is 0.167. The molecular formula is C12H11IN2O2. The van der Waals surface area contributed by atoms with Crippen molar-refractivity contribution < 1.29 is 9.90 Å². The normalized spacial score (nSPS) is 10.4. The number of carbonyl (C=O) groups is 1. The second-order valence-corrected chi connectivity index (χ2v) is 4.84. The molecular weight excluding hydrogens is 331 g/mol. The first-order valence-electron chi connectivity index (χ1n) is 5.15. The lowest BCUT2D eigenvalue weighted by molar-refractivity contribution is -0.137. The first kappa shape index (κ1) is 12.1. The maximum Gasteiger partial charge on any atom is 0.305 e. The quantitative estimate of drug-likeness (QED) is 0.869. The van der Waals surface area contributed by atoms with Gasteiger partial charge in [0, 0.05) is 28.1 Å². The predicted octanol–water partition coefficient (Wildman–Crippen LogP) is 2.63. The molecule has 0 unspecified atom stereocenters. The molecule has 88 valence electrons. The Morgan fingerprint density at radius 3 is 2.71 bits per heavy atom. The summed E-state index contributed by atoms with van der Waals surface area (Å²) in [5.74, 6) is 0.00918. The molecule has 0 fully saturated rings. The van der Waals surface area contributed by atoms with E-state index in [0.717, 1.165) is 15.0 Å². The summed E-state index contributed by atoms with van der Waals surface area (Å²) in [6.45, 7) is 0.441. The average Bonchev–Trinajstić information content (AvgIpc) is 2.75. The molecule has 0 aliphatic heterocycles. The summed E-state index contributed by atoms with van der Waals surface area (Å²) >= 11 is 2.24. The topological polar surface area (TPSA) is 55.1 Å². The van der Waals surface area contributed by atoms with Crippen molar-refractivity contribution in [2.24, 2.45) is 0 Å². The van der Waals surface area contributed by atoms with Crippen LogP contribution in [0.15, 0.2) is 36.7 Å². The number of carboxylic acids is 1. The molecule has 0 aliphatic carbocycles. The fourth-order valence-corrected chi connectivity index (χ4v) is 1.92. The Balaban J connectivity index is 2.24. The van der Waals surface area contributed by atoms with E-state index in [-0.39, 0.29) is 6.42 Å². The number of carboxylic acid groups (broad SMARTS) is 1. The van der Waals surface area contributed by atoms with Gasteiger partial charge in [-0.15, -0.1) is 0 Å². The fourth-order valence-electron chi connectivity index (χ4n) is 1.57. The van der Waals surface area contributed by atoms with Crippen molar-refractivity contribution in [3.05, 3.63) is 40.2 Å². The van der Waals surface area contributed by atoms with Crippen LogP contribution in [0.25, 0.3) is 11.4 Å². The zero-order valence-corrected chi connectivity index (χ0v) is 11.2. The zero-order valence-electron chi connectivity index (χ0n) is 9.01. The maximum atomic E-state index is 10.6. The van der Waals surface area contributed by atoms with Gasteiger partial charge in [0.15, 0.2) is 0 Å². The number of nitrogens with zero attached hydrogens (tertiary/aromatic N) is 2. The third-order valence-corrected chi connectivity index (χ3v) is 3.10. The van der Waals surface area contributed by atoms with Crippen LogP contribution in [-0.2, 0) is 11.3 Å². The molecule has 2 rings (SSSR count). The second kappa shape index (κ2) is 5.31. The Labute approximate surface area is 112 Å². The minimum atomic E-state index is -0.799. The highest BCUT2D eigenvalue weighted by molar-refractivity contribution is 14.1. The predicted molar refractivity (Wildman–Crippen MR) is 72.6 cm³/mol. The molecule has 4 nitrogen and oxygen atoms in total.